The minimum absolute atomic E-state index is 0.570. The largest absolute Gasteiger partial charge is 0.496 e. The van der Waals surface area contributed by atoms with E-state index < -0.39 is 0 Å². The van der Waals surface area contributed by atoms with E-state index in [0.29, 0.717) is 11.7 Å². The molecule has 0 saturated carbocycles. The van der Waals surface area contributed by atoms with Crippen LogP contribution >= 0.6 is 11.3 Å². The second-order valence-electron chi connectivity index (χ2n) is 5.74. The molecule has 2 aromatic heterocycles. The molecule has 1 aliphatic carbocycles. The van der Waals surface area contributed by atoms with E-state index in [4.69, 9.17) is 9.26 Å². The van der Waals surface area contributed by atoms with Gasteiger partial charge in [-0.25, -0.2) is 0 Å². The summed E-state index contributed by atoms with van der Waals surface area (Å²) in [7, 11) is 1.65. The lowest BCUT2D eigenvalue weighted by Gasteiger charge is -2.02. The standard InChI is InChI=1S/C18H18N2O2S/c1-21-14-9-6-5-8-13(14)17-19-18(22-20-17)16-11-12-7-3-2-4-10-15(12)23-16/h5-6,8-9,11H,2-4,7,10H2,1H3. The van der Waals surface area contributed by atoms with E-state index in [9.17, 15) is 0 Å². The van der Waals surface area contributed by atoms with Crippen molar-refractivity contribution in [3.63, 3.8) is 0 Å². The Bertz CT molecular complexity index is 799. The van der Waals surface area contributed by atoms with Crippen molar-refractivity contribution in [1.82, 2.24) is 10.1 Å². The van der Waals surface area contributed by atoms with Crippen LogP contribution in [-0.2, 0) is 12.8 Å². The Labute approximate surface area is 139 Å². The third-order valence-electron chi connectivity index (χ3n) is 4.23. The highest BCUT2D eigenvalue weighted by molar-refractivity contribution is 7.15. The first-order valence-electron chi connectivity index (χ1n) is 7.94. The van der Waals surface area contributed by atoms with Gasteiger partial charge in [0, 0.05) is 4.88 Å². The number of rotatable bonds is 3. The Morgan fingerprint density at radius 2 is 2.00 bits per heavy atom. The van der Waals surface area contributed by atoms with Gasteiger partial charge in [-0.15, -0.1) is 11.3 Å². The molecule has 1 aromatic carbocycles. The fourth-order valence-electron chi connectivity index (χ4n) is 3.04. The lowest BCUT2D eigenvalue weighted by Crippen LogP contribution is -1.88. The average molecular weight is 326 g/mol. The summed E-state index contributed by atoms with van der Waals surface area (Å²) in [6.45, 7) is 0. The molecule has 0 aliphatic heterocycles. The number of fused-ring (bicyclic) bond motifs is 1. The summed E-state index contributed by atoms with van der Waals surface area (Å²) in [5, 5.41) is 4.14. The number of methoxy groups -OCH3 is 1. The van der Waals surface area contributed by atoms with Gasteiger partial charge in [-0.05, 0) is 49.4 Å². The van der Waals surface area contributed by atoms with Gasteiger partial charge in [0.1, 0.15) is 5.75 Å². The Morgan fingerprint density at radius 3 is 2.91 bits per heavy atom. The fourth-order valence-corrected chi connectivity index (χ4v) is 4.21. The van der Waals surface area contributed by atoms with Crippen LogP contribution < -0.4 is 4.74 Å². The minimum Gasteiger partial charge on any atom is -0.496 e. The van der Waals surface area contributed by atoms with Crippen LogP contribution in [0.5, 0.6) is 5.75 Å². The molecule has 3 aromatic rings. The number of para-hydroxylation sites is 1. The molecular formula is C18H18N2O2S. The van der Waals surface area contributed by atoms with Gasteiger partial charge >= 0.3 is 0 Å². The number of aryl methyl sites for hydroxylation is 2. The molecule has 0 N–H and O–H groups in total. The van der Waals surface area contributed by atoms with E-state index in [-0.39, 0.29) is 0 Å². The highest BCUT2D eigenvalue weighted by Crippen LogP contribution is 2.36. The van der Waals surface area contributed by atoms with Crippen molar-refractivity contribution in [3.8, 4) is 27.9 Å². The van der Waals surface area contributed by atoms with Crippen molar-refractivity contribution in [3.05, 3.63) is 40.8 Å². The van der Waals surface area contributed by atoms with Gasteiger partial charge in [0.25, 0.3) is 5.89 Å². The van der Waals surface area contributed by atoms with Crippen LogP contribution in [0, 0.1) is 0 Å². The van der Waals surface area contributed by atoms with Crippen molar-refractivity contribution in [2.24, 2.45) is 0 Å². The zero-order chi connectivity index (χ0) is 15.6. The SMILES string of the molecule is COc1ccccc1-c1noc(-c2cc3c(s2)CCCCC3)n1. The number of hydrogen-bond acceptors (Lipinski definition) is 5. The quantitative estimate of drug-likeness (QED) is 0.652. The van der Waals surface area contributed by atoms with Gasteiger partial charge in [-0.3, -0.25) is 0 Å². The van der Waals surface area contributed by atoms with Crippen molar-refractivity contribution >= 4 is 11.3 Å². The smallest absolute Gasteiger partial charge is 0.268 e. The van der Waals surface area contributed by atoms with Crippen LogP contribution in [0.4, 0.5) is 0 Å². The molecule has 0 atom stereocenters. The number of ether oxygens (including phenoxy) is 1. The third kappa shape index (κ3) is 2.77. The van der Waals surface area contributed by atoms with Crippen LogP contribution in [0.1, 0.15) is 29.7 Å². The van der Waals surface area contributed by atoms with Gasteiger partial charge in [0.15, 0.2) is 0 Å². The van der Waals surface area contributed by atoms with E-state index >= 15 is 0 Å². The zero-order valence-electron chi connectivity index (χ0n) is 13.0. The summed E-state index contributed by atoms with van der Waals surface area (Å²) in [6, 6.07) is 9.95. The van der Waals surface area contributed by atoms with Gasteiger partial charge < -0.3 is 9.26 Å². The Morgan fingerprint density at radius 1 is 1.13 bits per heavy atom. The number of nitrogens with zero attached hydrogens (tertiary/aromatic N) is 2. The van der Waals surface area contributed by atoms with Crippen molar-refractivity contribution in [2.45, 2.75) is 32.1 Å². The van der Waals surface area contributed by atoms with Crippen molar-refractivity contribution in [2.75, 3.05) is 7.11 Å². The predicted molar refractivity (Wildman–Crippen MR) is 90.9 cm³/mol. The summed E-state index contributed by atoms with van der Waals surface area (Å²) < 4.78 is 10.9. The maximum absolute atomic E-state index is 5.51. The van der Waals surface area contributed by atoms with Gasteiger partial charge in [-0.2, -0.15) is 4.98 Å². The summed E-state index contributed by atoms with van der Waals surface area (Å²) >= 11 is 1.79. The first-order chi connectivity index (χ1) is 11.3. The molecular weight excluding hydrogens is 308 g/mol. The highest BCUT2D eigenvalue weighted by Gasteiger charge is 2.18. The molecule has 0 fully saturated rings. The minimum atomic E-state index is 0.570. The topological polar surface area (TPSA) is 48.2 Å². The zero-order valence-corrected chi connectivity index (χ0v) is 13.9. The molecule has 4 rings (SSSR count). The monoisotopic (exact) mass is 326 g/mol. The van der Waals surface area contributed by atoms with Crippen molar-refractivity contribution < 1.29 is 9.26 Å². The summed E-state index contributed by atoms with van der Waals surface area (Å²) in [5.74, 6) is 1.92. The summed E-state index contributed by atoms with van der Waals surface area (Å²) in [4.78, 5) is 7.13. The third-order valence-corrected chi connectivity index (χ3v) is 5.46. The van der Waals surface area contributed by atoms with Crippen LogP contribution in [0.2, 0.25) is 0 Å². The van der Waals surface area contributed by atoms with Crippen LogP contribution in [-0.4, -0.2) is 17.3 Å². The Balaban J connectivity index is 1.68. The molecule has 0 amide bonds. The van der Waals surface area contributed by atoms with Crippen LogP contribution in [0.15, 0.2) is 34.9 Å². The average Bonchev–Trinajstić information content (AvgIpc) is 3.17. The van der Waals surface area contributed by atoms with E-state index in [1.165, 1.54) is 42.5 Å². The maximum atomic E-state index is 5.51. The lowest BCUT2D eigenvalue weighted by atomic mass is 10.1. The van der Waals surface area contributed by atoms with Gasteiger partial charge in [0.2, 0.25) is 5.82 Å². The first-order valence-corrected chi connectivity index (χ1v) is 8.76. The number of hydrogen-bond donors (Lipinski definition) is 0. The summed E-state index contributed by atoms with van der Waals surface area (Å²) in [5.41, 5.74) is 2.31. The number of aromatic nitrogens is 2. The molecule has 23 heavy (non-hydrogen) atoms. The van der Waals surface area contributed by atoms with Crippen molar-refractivity contribution in [1.29, 1.82) is 0 Å². The molecule has 118 valence electrons. The van der Waals surface area contributed by atoms with Gasteiger partial charge in [-0.1, -0.05) is 23.7 Å². The molecule has 0 unspecified atom stereocenters. The molecule has 4 nitrogen and oxygen atoms in total. The maximum Gasteiger partial charge on any atom is 0.268 e. The fraction of sp³-hybridized carbons (Fsp3) is 0.333. The molecule has 0 radical (unpaired) electrons. The number of benzene rings is 1. The molecule has 5 heteroatoms. The molecule has 2 heterocycles. The molecule has 0 spiro atoms. The predicted octanol–water partition coefficient (Wildman–Crippen LogP) is 4.74. The van der Waals surface area contributed by atoms with E-state index in [2.05, 4.69) is 16.2 Å². The van der Waals surface area contributed by atoms with E-state index in [0.717, 1.165) is 16.2 Å². The lowest BCUT2D eigenvalue weighted by molar-refractivity contribution is 0.413. The second-order valence-corrected chi connectivity index (χ2v) is 6.88. The Kier molecular flexibility index (Phi) is 3.87. The van der Waals surface area contributed by atoms with E-state index in [1.807, 2.05) is 24.3 Å². The molecule has 1 aliphatic rings. The van der Waals surface area contributed by atoms with E-state index in [1.54, 1.807) is 18.4 Å². The molecule has 0 bridgehead atoms. The normalized spacial score (nSPS) is 14.3. The Hall–Kier alpha value is -2.14. The number of thiophene rings is 1. The summed E-state index contributed by atoms with van der Waals surface area (Å²) in [6.07, 6.45) is 6.23. The second kappa shape index (κ2) is 6.16. The highest BCUT2D eigenvalue weighted by atomic mass is 32.1. The van der Waals surface area contributed by atoms with Crippen LogP contribution in [0.25, 0.3) is 22.2 Å². The van der Waals surface area contributed by atoms with Crippen LogP contribution in [0.3, 0.4) is 0 Å². The van der Waals surface area contributed by atoms with Gasteiger partial charge in [0.05, 0.1) is 17.6 Å². The first kappa shape index (κ1) is 14.5. The molecule has 0 saturated heterocycles.